The number of carbonyl (C=O) groups excluding carboxylic acids is 1. The Morgan fingerprint density at radius 1 is 0.980 bits per heavy atom. The number of hydrogen-bond donors (Lipinski definition) is 4. The molecule has 5 atom stereocenters. The van der Waals surface area contributed by atoms with E-state index in [1.165, 1.54) is 44.6 Å². The Balaban J connectivity index is 1.40. The van der Waals surface area contributed by atoms with Crippen LogP contribution >= 0.6 is 7.82 Å². The highest BCUT2D eigenvalue weighted by atomic mass is 31.2. The number of phosphoric acid groups is 1. The second kappa shape index (κ2) is 18.1. The Kier molecular flexibility index (Phi) is 14.2. The molecule has 0 spiro atoms. The summed E-state index contributed by atoms with van der Waals surface area (Å²) in [5, 5.41) is 21.3. The first-order valence-electron chi connectivity index (χ1n) is 16.7. The number of aliphatic hydroxyl groups is 2. The van der Waals surface area contributed by atoms with Crippen molar-refractivity contribution in [3.63, 3.8) is 0 Å². The van der Waals surface area contributed by atoms with Gasteiger partial charge in [0.2, 0.25) is 5.75 Å². The van der Waals surface area contributed by atoms with Crippen molar-refractivity contribution in [2.24, 2.45) is 0 Å². The minimum Gasteiger partial charge on any atom is -0.493 e. The Morgan fingerprint density at radius 2 is 1.66 bits per heavy atom. The number of carbonyl (C=O) groups is 1. The molecular formula is C32H49N6O11P. The number of ether oxygens (including phenoxy) is 4. The van der Waals surface area contributed by atoms with E-state index in [0.29, 0.717) is 18.4 Å². The number of aromatic nitrogens is 4. The molecule has 278 valence electrons. The quantitative estimate of drug-likeness (QED) is 0.0970. The number of nitrogens with zero attached hydrogens (tertiary/aromatic N) is 5. The van der Waals surface area contributed by atoms with Gasteiger partial charge in [0.25, 0.3) is 0 Å². The number of benzene rings is 1. The van der Waals surface area contributed by atoms with Gasteiger partial charge in [-0.15, -0.1) is 0 Å². The van der Waals surface area contributed by atoms with Crippen LogP contribution in [0.15, 0.2) is 18.7 Å². The first-order valence-corrected chi connectivity index (χ1v) is 18.2. The van der Waals surface area contributed by atoms with Crippen molar-refractivity contribution >= 4 is 30.8 Å². The third-order valence-electron chi connectivity index (χ3n) is 8.80. The topological polar surface area (TPSA) is 223 Å². The van der Waals surface area contributed by atoms with Crippen LogP contribution in [0.3, 0.4) is 0 Å². The number of rotatable bonds is 20. The maximum atomic E-state index is 13.5. The molecular weight excluding hydrogens is 675 g/mol. The SMILES string of the molecule is CCN(CC)CCCCCCCCc1c(C(=O)OP(=O)(O)OC[C@H]2O[C@@H](n3cnc4c(N)ncnc43)C(O)C2O)cc(OC)c(OC)c1OC. The van der Waals surface area contributed by atoms with E-state index in [4.69, 9.17) is 33.7 Å². The molecule has 0 amide bonds. The Hall–Kier alpha value is -3.57. The fourth-order valence-corrected chi connectivity index (χ4v) is 6.73. The lowest BCUT2D eigenvalue weighted by Gasteiger charge is -2.20. The molecule has 50 heavy (non-hydrogen) atoms. The largest absolute Gasteiger partial charge is 0.529 e. The van der Waals surface area contributed by atoms with E-state index in [2.05, 4.69) is 33.7 Å². The molecule has 3 heterocycles. The maximum absolute atomic E-state index is 13.5. The van der Waals surface area contributed by atoms with Gasteiger partial charge in [0, 0.05) is 5.56 Å². The lowest BCUT2D eigenvalue weighted by Crippen LogP contribution is -2.33. The van der Waals surface area contributed by atoms with Crippen LogP contribution in [-0.2, 0) is 24.8 Å². The van der Waals surface area contributed by atoms with Gasteiger partial charge in [-0.2, -0.15) is 0 Å². The molecule has 3 aromatic rings. The van der Waals surface area contributed by atoms with Gasteiger partial charge >= 0.3 is 13.8 Å². The predicted molar refractivity (Wildman–Crippen MR) is 182 cm³/mol. The molecule has 0 radical (unpaired) electrons. The van der Waals surface area contributed by atoms with Gasteiger partial charge in [-0.3, -0.25) is 14.0 Å². The molecule has 0 bridgehead atoms. The first-order chi connectivity index (χ1) is 24.0. The van der Waals surface area contributed by atoms with Crippen LogP contribution in [0.4, 0.5) is 5.82 Å². The summed E-state index contributed by atoms with van der Waals surface area (Å²) in [6.45, 7) is 6.81. The third-order valence-corrected chi connectivity index (χ3v) is 9.67. The molecule has 0 saturated carbocycles. The van der Waals surface area contributed by atoms with Gasteiger partial charge in [-0.1, -0.05) is 39.5 Å². The summed E-state index contributed by atoms with van der Waals surface area (Å²) in [6, 6.07) is 1.36. The van der Waals surface area contributed by atoms with Crippen LogP contribution in [0.5, 0.6) is 17.2 Å². The van der Waals surface area contributed by atoms with E-state index in [1.54, 1.807) is 0 Å². The molecule has 5 N–H and O–H groups in total. The van der Waals surface area contributed by atoms with Gasteiger partial charge in [-0.05, 0) is 45.0 Å². The van der Waals surface area contributed by atoms with Crippen LogP contribution in [-0.4, -0.2) is 111 Å². The highest BCUT2D eigenvalue weighted by Crippen LogP contribution is 2.48. The predicted octanol–water partition coefficient (Wildman–Crippen LogP) is 3.25. The fourth-order valence-electron chi connectivity index (χ4n) is 6.03. The zero-order chi connectivity index (χ0) is 36.4. The highest BCUT2D eigenvalue weighted by Gasteiger charge is 2.46. The molecule has 1 aliphatic rings. The van der Waals surface area contributed by atoms with Gasteiger partial charge in [-0.25, -0.2) is 24.3 Å². The second-order valence-corrected chi connectivity index (χ2v) is 13.2. The summed E-state index contributed by atoms with van der Waals surface area (Å²) < 4.78 is 46.7. The van der Waals surface area contributed by atoms with E-state index in [1.807, 2.05) is 0 Å². The van der Waals surface area contributed by atoms with Gasteiger partial charge in [0.05, 0.1) is 39.8 Å². The first kappa shape index (κ1) is 39.2. The van der Waals surface area contributed by atoms with E-state index in [0.717, 1.165) is 51.7 Å². The van der Waals surface area contributed by atoms with Crippen molar-refractivity contribution in [2.75, 3.05) is 53.3 Å². The Bertz CT molecular complexity index is 1620. The van der Waals surface area contributed by atoms with Crippen LogP contribution in [0.2, 0.25) is 0 Å². The summed E-state index contributed by atoms with van der Waals surface area (Å²) in [5.74, 6) is -0.384. The van der Waals surface area contributed by atoms with Crippen LogP contribution in [0.1, 0.15) is 74.5 Å². The Morgan fingerprint density at radius 3 is 2.32 bits per heavy atom. The van der Waals surface area contributed by atoms with E-state index in [9.17, 15) is 24.5 Å². The summed E-state index contributed by atoms with van der Waals surface area (Å²) in [4.78, 5) is 38.5. The molecule has 18 heteroatoms. The number of anilines is 1. The minimum absolute atomic E-state index is 0.0579. The zero-order valence-corrected chi connectivity index (χ0v) is 30.1. The number of phosphoric ester groups is 1. The van der Waals surface area contributed by atoms with Gasteiger partial charge < -0.3 is 44.3 Å². The van der Waals surface area contributed by atoms with Crippen LogP contribution in [0, 0.1) is 0 Å². The number of nitrogen functional groups attached to an aromatic ring is 1. The lowest BCUT2D eigenvalue weighted by molar-refractivity contribution is -0.0508. The molecule has 0 aliphatic carbocycles. The molecule has 1 aromatic carbocycles. The minimum atomic E-state index is -5.08. The maximum Gasteiger partial charge on any atom is 0.529 e. The van der Waals surface area contributed by atoms with Gasteiger partial charge in [0.15, 0.2) is 29.2 Å². The van der Waals surface area contributed by atoms with Crippen LogP contribution in [0.25, 0.3) is 11.2 Å². The monoisotopic (exact) mass is 724 g/mol. The van der Waals surface area contributed by atoms with E-state index in [-0.39, 0.29) is 39.8 Å². The zero-order valence-electron chi connectivity index (χ0n) is 29.2. The molecule has 1 aliphatic heterocycles. The average molecular weight is 725 g/mol. The molecule has 1 saturated heterocycles. The van der Waals surface area contributed by atoms with Gasteiger partial charge in [0.1, 0.15) is 30.2 Å². The number of aliphatic hydroxyl groups excluding tert-OH is 2. The van der Waals surface area contributed by atoms with Crippen LogP contribution < -0.4 is 19.9 Å². The Labute approximate surface area is 291 Å². The normalized spacial score (nSPS) is 20.3. The number of hydrogen-bond acceptors (Lipinski definition) is 15. The molecule has 17 nitrogen and oxygen atoms in total. The molecule has 3 unspecified atom stereocenters. The molecule has 4 rings (SSSR count). The number of unbranched alkanes of at least 4 members (excludes halogenated alkanes) is 5. The van der Waals surface area contributed by atoms with Crippen molar-refractivity contribution in [1.29, 1.82) is 0 Å². The fraction of sp³-hybridized carbons (Fsp3) is 0.625. The van der Waals surface area contributed by atoms with Crippen molar-refractivity contribution in [2.45, 2.75) is 83.3 Å². The summed E-state index contributed by atoms with van der Waals surface area (Å²) >= 11 is 0. The van der Waals surface area contributed by atoms with Crippen molar-refractivity contribution < 1.29 is 52.5 Å². The number of imidazole rings is 1. The molecule has 2 aromatic heterocycles. The average Bonchev–Trinajstić information content (AvgIpc) is 3.66. The standard InChI is InChI=1S/C32H49N6O11P/c1-6-37(7-2)15-13-11-9-8-10-12-14-20-21(16-22(44-3)28(46-5)27(20)45-4)32(41)49-50(42,43)47-17-23-25(39)26(40)31(48-23)38-19-36-24-29(33)34-18-35-30(24)38/h16,18-19,23,25-26,31,39-40H,6-15,17H2,1-5H3,(H,42,43)(H2,33,34,35)/t23-,25?,26?,31-/m1/s1. The van der Waals surface area contributed by atoms with E-state index >= 15 is 0 Å². The number of nitrogens with two attached hydrogens (primary N) is 1. The number of fused-ring (bicyclic) bond motifs is 1. The van der Waals surface area contributed by atoms with Crippen molar-refractivity contribution in [3.8, 4) is 17.2 Å². The van der Waals surface area contributed by atoms with Crippen molar-refractivity contribution in [1.82, 2.24) is 24.4 Å². The number of methoxy groups -OCH3 is 3. The highest BCUT2D eigenvalue weighted by molar-refractivity contribution is 7.48. The summed E-state index contributed by atoms with van der Waals surface area (Å²) in [6.07, 6.45) is 3.37. The summed E-state index contributed by atoms with van der Waals surface area (Å²) in [7, 11) is -0.829. The smallest absolute Gasteiger partial charge is 0.493 e. The van der Waals surface area contributed by atoms with E-state index < -0.39 is 44.9 Å². The lowest BCUT2D eigenvalue weighted by atomic mass is 9.98. The third kappa shape index (κ3) is 9.20. The van der Waals surface area contributed by atoms with Crippen molar-refractivity contribution in [3.05, 3.63) is 29.8 Å². The molecule has 1 fully saturated rings. The second-order valence-electron chi connectivity index (χ2n) is 11.8. The summed E-state index contributed by atoms with van der Waals surface area (Å²) in [5.41, 5.74) is 6.70.